The lowest BCUT2D eigenvalue weighted by atomic mass is 10.1. The van der Waals surface area contributed by atoms with Gasteiger partial charge in [0.05, 0.1) is 12.1 Å². The second-order valence-corrected chi connectivity index (χ2v) is 7.34. The van der Waals surface area contributed by atoms with Gasteiger partial charge in [0.1, 0.15) is 10.8 Å². The Morgan fingerprint density at radius 3 is 2.34 bits per heavy atom. The number of nitrogens with zero attached hydrogens (tertiary/aromatic N) is 2. The summed E-state index contributed by atoms with van der Waals surface area (Å²) in [5.74, 6) is -1.53. The van der Waals surface area contributed by atoms with Crippen LogP contribution in [0.1, 0.15) is 32.2 Å². The summed E-state index contributed by atoms with van der Waals surface area (Å²) in [6, 6.07) is 10.8. The van der Waals surface area contributed by atoms with Crippen molar-refractivity contribution >= 4 is 17.3 Å². The number of alkyl halides is 3. The summed E-state index contributed by atoms with van der Waals surface area (Å²) in [5, 5.41) is 11.0. The van der Waals surface area contributed by atoms with Crippen LogP contribution in [0.5, 0.6) is 0 Å². The maximum Gasteiger partial charge on any atom is 0.416 e. The van der Waals surface area contributed by atoms with Gasteiger partial charge >= 0.3 is 12.1 Å². The van der Waals surface area contributed by atoms with Gasteiger partial charge in [0.15, 0.2) is 5.69 Å². The lowest BCUT2D eigenvalue weighted by Crippen LogP contribution is -2.22. The Morgan fingerprint density at radius 2 is 1.72 bits per heavy atom. The molecule has 0 saturated heterocycles. The number of hydrogen-bond donors (Lipinski definition) is 1. The molecule has 0 aliphatic heterocycles. The van der Waals surface area contributed by atoms with Crippen molar-refractivity contribution in [2.24, 2.45) is 0 Å². The first-order valence-corrected chi connectivity index (χ1v) is 9.39. The lowest BCUT2D eigenvalue weighted by Gasteiger charge is -2.22. The smallest absolute Gasteiger partial charge is 0.416 e. The molecule has 0 radical (unpaired) electrons. The van der Waals surface area contributed by atoms with E-state index in [4.69, 9.17) is 5.11 Å². The summed E-state index contributed by atoms with van der Waals surface area (Å²) in [5.41, 5.74) is 0.412. The summed E-state index contributed by atoms with van der Waals surface area (Å²) >= 11 is 1.16. The van der Waals surface area contributed by atoms with Crippen LogP contribution in [0.2, 0.25) is 0 Å². The van der Waals surface area contributed by atoms with E-state index in [9.17, 15) is 22.4 Å². The molecule has 0 aliphatic rings. The molecule has 1 aromatic heterocycles. The Bertz CT molecular complexity index is 987. The van der Waals surface area contributed by atoms with Crippen LogP contribution >= 0.6 is 11.3 Å². The monoisotopic (exact) mass is 424 g/mol. The predicted octanol–water partition coefficient (Wildman–Crippen LogP) is 5.20. The first kappa shape index (κ1) is 20.9. The Balaban J connectivity index is 1.83. The minimum absolute atomic E-state index is 0.0780. The average molecular weight is 424 g/mol. The summed E-state index contributed by atoms with van der Waals surface area (Å²) in [6.07, 6.45) is -4.44. The normalized spacial score (nSPS) is 11.8. The van der Waals surface area contributed by atoms with Crippen molar-refractivity contribution in [3.8, 4) is 0 Å². The topological polar surface area (TPSA) is 53.4 Å². The van der Waals surface area contributed by atoms with Gasteiger partial charge in [-0.1, -0.05) is 30.3 Å². The van der Waals surface area contributed by atoms with Crippen LogP contribution in [0.3, 0.4) is 0 Å². The maximum atomic E-state index is 13.2. The molecule has 3 aromatic rings. The molecule has 0 amide bonds. The van der Waals surface area contributed by atoms with E-state index in [-0.39, 0.29) is 24.6 Å². The summed E-state index contributed by atoms with van der Waals surface area (Å²) in [4.78, 5) is 16.9. The number of halogens is 4. The Kier molecular flexibility index (Phi) is 6.29. The Labute approximate surface area is 168 Å². The van der Waals surface area contributed by atoms with Crippen LogP contribution in [0.25, 0.3) is 0 Å². The van der Waals surface area contributed by atoms with Crippen LogP contribution in [0.15, 0.2) is 53.9 Å². The van der Waals surface area contributed by atoms with Crippen LogP contribution < -0.4 is 0 Å². The summed E-state index contributed by atoms with van der Waals surface area (Å²) in [7, 11) is 0. The maximum absolute atomic E-state index is 13.2. The minimum atomic E-state index is -4.44. The third-order valence-corrected chi connectivity index (χ3v) is 4.94. The van der Waals surface area contributed by atoms with Gasteiger partial charge in [0, 0.05) is 18.5 Å². The van der Waals surface area contributed by atoms with E-state index in [0.29, 0.717) is 17.1 Å². The second-order valence-electron chi connectivity index (χ2n) is 6.40. The molecule has 3 rings (SSSR count). The molecule has 0 atom stereocenters. The van der Waals surface area contributed by atoms with Crippen molar-refractivity contribution in [3.05, 3.63) is 87.1 Å². The zero-order valence-electron chi connectivity index (χ0n) is 15.0. The third kappa shape index (κ3) is 5.85. The summed E-state index contributed by atoms with van der Waals surface area (Å²) < 4.78 is 52.2. The van der Waals surface area contributed by atoms with Crippen molar-refractivity contribution < 1.29 is 27.5 Å². The highest BCUT2D eigenvalue weighted by atomic mass is 32.1. The largest absolute Gasteiger partial charge is 0.476 e. The van der Waals surface area contributed by atoms with Crippen LogP contribution in [0, 0.1) is 5.82 Å². The molecule has 2 aromatic carbocycles. The fourth-order valence-electron chi connectivity index (χ4n) is 2.79. The van der Waals surface area contributed by atoms with E-state index in [2.05, 4.69) is 4.98 Å². The van der Waals surface area contributed by atoms with Gasteiger partial charge in [-0.05, 0) is 29.3 Å². The van der Waals surface area contributed by atoms with Crippen LogP contribution in [0.4, 0.5) is 17.6 Å². The van der Waals surface area contributed by atoms with E-state index in [1.807, 2.05) is 4.90 Å². The number of carboxylic acid groups (broad SMARTS) is 1. The lowest BCUT2D eigenvalue weighted by molar-refractivity contribution is -0.137. The number of rotatable bonds is 7. The molecule has 0 spiro atoms. The fourth-order valence-corrected chi connectivity index (χ4v) is 3.60. The van der Waals surface area contributed by atoms with Gasteiger partial charge in [0.2, 0.25) is 0 Å². The van der Waals surface area contributed by atoms with Gasteiger partial charge in [-0.2, -0.15) is 13.2 Å². The predicted molar refractivity (Wildman–Crippen MR) is 99.9 cm³/mol. The molecular weight excluding hydrogens is 408 g/mol. The molecular formula is C20H16F4N2O2S. The highest BCUT2D eigenvalue weighted by Gasteiger charge is 2.30. The molecule has 0 bridgehead atoms. The van der Waals surface area contributed by atoms with Crippen molar-refractivity contribution in [1.29, 1.82) is 0 Å². The van der Waals surface area contributed by atoms with E-state index in [0.717, 1.165) is 29.0 Å². The van der Waals surface area contributed by atoms with Crippen LogP contribution in [-0.4, -0.2) is 21.0 Å². The second kappa shape index (κ2) is 8.71. The van der Waals surface area contributed by atoms with Crippen molar-refractivity contribution in [2.75, 3.05) is 0 Å². The molecule has 0 fully saturated rings. The molecule has 4 nitrogen and oxygen atoms in total. The number of carboxylic acids is 1. The van der Waals surface area contributed by atoms with Gasteiger partial charge in [-0.3, -0.25) is 4.90 Å². The quantitative estimate of drug-likeness (QED) is 0.530. The van der Waals surface area contributed by atoms with Gasteiger partial charge in [-0.25, -0.2) is 14.2 Å². The van der Waals surface area contributed by atoms with E-state index < -0.39 is 17.7 Å². The Morgan fingerprint density at radius 1 is 1.03 bits per heavy atom. The number of benzene rings is 2. The van der Waals surface area contributed by atoms with E-state index >= 15 is 0 Å². The van der Waals surface area contributed by atoms with Crippen molar-refractivity contribution in [3.63, 3.8) is 0 Å². The number of aromatic nitrogens is 1. The zero-order valence-corrected chi connectivity index (χ0v) is 15.8. The number of aromatic carboxylic acids is 1. The highest BCUT2D eigenvalue weighted by molar-refractivity contribution is 7.09. The fraction of sp³-hybridized carbons (Fsp3) is 0.200. The number of carbonyl (C=O) groups is 1. The molecule has 9 heteroatoms. The molecule has 0 aliphatic carbocycles. The molecule has 1 N–H and O–H groups in total. The summed E-state index contributed by atoms with van der Waals surface area (Å²) in [6.45, 7) is 0.757. The molecule has 1 heterocycles. The number of hydrogen-bond acceptors (Lipinski definition) is 4. The SMILES string of the molecule is O=C(O)c1csc(CN(Cc2ccc(F)cc2)Cc2cccc(C(F)(F)F)c2)n1. The molecule has 0 unspecified atom stereocenters. The van der Waals surface area contributed by atoms with Gasteiger partial charge < -0.3 is 5.11 Å². The Hall–Kier alpha value is -2.78. The average Bonchev–Trinajstić information content (AvgIpc) is 3.12. The van der Waals surface area contributed by atoms with E-state index in [1.165, 1.54) is 23.6 Å². The van der Waals surface area contributed by atoms with Crippen molar-refractivity contribution in [1.82, 2.24) is 9.88 Å². The van der Waals surface area contributed by atoms with E-state index in [1.54, 1.807) is 18.2 Å². The van der Waals surface area contributed by atoms with Gasteiger partial charge in [-0.15, -0.1) is 11.3 Å². The standard InChI is InChI=1S/C20H16F4N2O2S/c21-16-6-4-13(5-7-16)9-26(11-18-25-17(12-29-18)19(27)28)10-14-2-1-3-15(8-14)20(22,23)24/h1-8,12H,9-11H2,(H,27,28). The number of thiazole rings is 1. The third-order valence-electron chi connectivity index (χ3n) is 4.11. The first-order chi connectivity index (χ1) is 13.7. The van der Waals surface area contributed by atoms with Crippen LogP contribution in [-0.2, 0) is 25.8 Å². The molecule has 0 saturated carbocycles. The zero-order chi connectivity index (χ0) is 21.0. The highest BCUT2D eigenvalue weighted by Crippen LogP contribution is 2.30. The molecule has 29 heavy (non-hydrogen) atoms. The van der Waals surface area contributed by atoms with Gasteiger partial charge in [0.25, 0.3) is 0 Å². The first-order valence-electron chi connectivity index (χ1n) is 8.51. The van der Waals surface area contributed by atoms with Crippen molar-refractivity contribution in [2.45, 2.75) is 25.8 Å². The minimum Gasteiger partial charge on any atom is -0.476 e. The molecule has 152 valence electrons.